The Labute approximate surface area is 150 Å². The lowest BCUT2D eigenvalue weighted by atomic mass is 9.71. The van der Waals surface area contributed by atoms with Crippen LogP contribution in [0.3, 0.4) is 0 Å². The lowest BCUT2D eigenvalue weighted by Gasteiger charge is -2.47. The highest BCUT2D eigenvalue weighted by atomic mass is 35.5. The molecule has 9 heteroatoms. The number of aliphatic hydroxyl groups excluding tert-OH is 1. The van der Waals surface area contributed by atoms with Gasteiger partial charge in [-0.25, -0.2) is 9.59 Å². The zero-order chi connectivity index (χ0) is 18.3. The molecular formula is C16H22ClN3O5. The Morgan fingerprint density at radius 3 is 2.72 bits per heavy atom. The molecule has 138 valence electrons. The molecule has 4 N–H and O–H groups in total. The number of carbonyl (C=O) groups is 3. The van der Waals surface area contributed by atoms with Gasteiger partial charge < -0.3 is 25.7 Å². The van der Waals surface area contributed by atoms with E-state index in [0.29, 0.717) is 18.5 Å². The van der Waals surface area contributed by atoms with Crippen molar-refractivity contribution in [3.8, 4) is 0 Å². The summed E-state index contributed by atoms with van der Waals surface area (Å²) in [6.45, 7) is 1.86. The normalized spacial score (nSPS) is 31.8. The number of β-lactam (4-membered cyclic amide) rings is 1. The molecule has 3 rings (SSSR count). The summed E-state index contributed by atoms with van der Waals surface area (Å²) in [5.74, 6) is -1.97. The maximum atomic E-state index is 12.4. The van der Waals surface area contributed by atoms with E-state index >= 15 is 0 Å². The number of nitrogens with zero attached hydrogens (tertiary/aromatic N) is 1. The number of aliphatic hydroxyl groups is 1. The predicted molar refractivity (Wildman–Crippen MR) is 88.9 cm³/mol. The average Bonchev–Trinajstić information content (AvgIpc) is 2.84. The third kappa shape index (κ3) is 2.87. The summed E-state index contributed by atoms with van der Waals surface area (Å²) in [6.07, 6.45) is 1.34. The van der Waals surface area contributed by atoms with Gasteiger partial charge in [-0.05, 0) is 25.3 Å². The number of amides is 3. The van der Waals surface area contributed by atoms with Gasteiger partial charge in [0.15, 0.2) is 0 Å². The fourth-order valence-electron chi connectivity index (χ4n) is 4.41. The summed E-state index contributed by atoms with van der Waals surface area (Å²) in [5, 5.41) is 25.0. The average molecular weight is 372 g/mol. The van der Waals surface area contributed by atoms with Crippen LogP contribution in [0.25, 0.3) is 0 Å². The van der Waals surface area contributed by atoms with Gasteiger partial charge in [0.25, 0.3) is 0 Å². The van der Waals surface area contributed by atoms with Crippen LogP contribution in [0.2, 0.25) is 0 Å². The first-order chi connectivity index (χ1) is 11.9. The molecule has 25 heavy (non-hydrogen) atoms. The quantitative estimate of drug-likeness (QED) is 0.408. The van der Waals surface area contributed by atoms with Crippen molar-refractivity contribution in [2.45, 2.75) is 44.4 Å². The summed E-state index contributed by atoms with van der Waals surface area (Å²) in [7, 11) is 0. The molecule has 1 unspecified atom stereocenters. The zero-order valence-corrected chi connectivity index (χ0v) is 14.6. The van der Waals surface area contributed by atoms with Crippen LogP contribution in [-0.2, 0) is 9.59 Å². The van der Waals surface area contributed by atoms with Crippen molar-refractivity contribution in [1.82, 2.24) is 15.5 Å². The molecule has 1 saturated carbocycles. The minimum absolute atomic E-state index is 0.0285. The fraction of sp³-hybridized carbons (Fsp3) is 0.688. The van der Waals surface area contributed by atoms with Crippen molar-refractivity contribution in [2.24, 2.45) is 11.8 Å². The Morgan fingerprint density at radius 1 is 1.40 bits per heavy atom. The van der Waals surface area contributed by atoms with Crippen LogP contribution in [0.1, 0.15) is 26.2 Å². The van der Waals surface area contributed by atoms with Crippen molar-refractivity contribution in [2.75, 3.05) is 12.4 Å². The van der Waals surface area contributed by atoms with Gasteiger partial charge in [0, 0.05) is 18.3 Å². The third-order valence-corrected chi connectivity index (χ3v) is 5.49. The van der Waals surface area contributed by atoms with Gasteiger partial charge in [0.05, 0.1) is 24.1 Å². The maximum Gasteiger partial charge on any atom is 0.352 e. The van der Waals surface area contributed by atoms with Gasteiger partial charge in [-0.15, -0.1) is 11.6 Å². The molecule has 2 aliphatic heterocycles. The molecule has 2 heterocycles. The molecule has 0 bridgehead atoms. The number of rotatable bonds is 5. The Hall–Kier alpha value is -1.80. The summed E-state index contributed by atoms with van der Waals surface area (Å²) in [6, 6.07) is -1.17. The van der Waals surface area contributed by atoms with E-state index in [2.05, 4.69) is 10.6 Å². The van der Waals surface area contributed by atoms with Gasteiger partial charge in [-0.1, -0.05) is 6.42 Å². The number of hydrogen-bond acceptors (Lipinski definition) is 4. The minimum atomic E-state index is -1.17. The van der Waals surface area contributed by atoms with E-state index in [0.717, 1.165) is 12.8 Å². The van der Waals surface area contributed by atoms with E-state index in [9.17, 15) is 24.6 Å². The molecule has 1 aliphatic carbocycles. The van der Waals surface area contributed by atoms with Crippen LogP contribution in [0, 0.1) is 11.8 Å². The molecule has 0 spiro atoms. The minimum Gasteiger partial charge on any atom is -0.477 e. The fourth-order valence-corrected chi connectivity index (χ4v) is 4.50. The van der Waals surface area contributed by atoms with Crippen LogP contribution < -0.4 is 10.6 Å². The molecule has 0 radical (unpaired) electrons. The van der Waals surface area contributed by atoms with Gasteiger partial charge in [0.1, 0.15) is 5.70 Å². The number of alkyl halides is 1. The van der Waals surface area contributed by atoms with Crippen molar-refractivity contribution < 1.29 is 24.6 Å². The number of carboxylic acids is 1. The number of hydrogen-bond donors (Lipinski definition) is 4. The van der Waals surface area contributed by atoms with Gasteiger partial charge in [-0.3, -0.25) is 4.79 Å². The topological polar surface area (TPSA) is 119 Å². The van der Waals surface area contributed by atoms with E-state index in [-0.39, 0.29) is 29.4 Å². The first-order valence-corrected chi connectivity index (χ1v) is 9.00. The Morgan fingerprint density at radius 2 is 2.12 bits per heavy atom. The van der Waals surface area contributed by atoms with Crippen LogP contribution in [0.4, 0.5) is 4.79 Å². The lowest BCUT2D eigenvalue weighted by molar-refractivity contribution is -0.163. The SMILES string of the molecule is CC(O)[C@H]1C(=O)N2C(C(=O)O)=C3[C@@H](NC(=O)NCCCl)CCC[C@@H]3[C@H]12. The number of nitrogens with one attached hydrogen (secondary N) is 2. The van der Waals surface area contributed by atoms with Crippen LogP contribution >= 0.6 is 11.6 Å². The van der Waals surface area contributed by atoms with Gasteiger partial charge in [-0.2, -0.15) is 0 Å². The molecule has 8 nitrogen and oxygen atoms in total. The van der Waals surface area contributed by atoms with Gasteiger partial charge in [0.2, 0.25) is 5.91 Å². The first-order valence-electron chi connectivity index (χ1n) is 8.47. The molecule has 0 aromatic carbocycles. The molecule has 0 aromatic rings. The van der Waals surface area contributed by atoms with E-state index < -0.39 is 30.1 Å². The zero-order valence-electron chi connectivity index (χ0n) is 13.9. The first kappa shape index (κ1) is 18.0. The van der Waals surface area contributed by atoms with E-state index in [1.807, 2.05) is 0 Å². The molecule has 3 aliphatic rings. The Balaban J connectivity index is 1.89. The van der Waals surface area contributed by atoms with Crippen LogP contribution in [0.5, 0.6) is 0 Å². The predicted octanol–water partition coefficient (Wildman–Crippen LogP) is 0.253. The number of urea groups is 1. The lowest BCUT2D eigenvalue weighted by Crippen LogP contribution is -2.64. The monoisotopic (exact) mass is 371 g/mol. The standard InChI is InChI=1S/C16H22ClN3O5/c1-7(21)10-12-8-3-2-4-9(19-16(25)18-6-5-17)11(8)13(15(23)24)20(12)14(10)22/h7-10,12,21H,2-6H2,1H3,(H,23,24)(H2,18,19,25)/t7?,8-,9-,10+,12+/m0/s1. The number of fused-ring (bicyclic) bond motifs is 3. The highest BCUT2D eigenvalue weighted by Gasteiger charge is 2.62. The van der Waals surface area contributed by atoms with Crippen molar-refractivity contribution in [3.05, 3.63) is 11.3 Å². The number of carboxylic acid groups (broad SMARTS) is 1. The van der Waals surface area contributed by atoms with E-state index in [1.54, 1.807) is 6.92 Å². The molecular weight excluding hydrogens is 350 g/mol. The molecule has 5 atom stereocenters. The van der Waals surface area contributed by atoms with Crippen molar-refractivity contribution in [1.29, 1.82) is 0 Å². The second kappa shape index (κ2) is 6.84. The largest absolute Gasteiger partial charge is 0.477 e. The maximum absolute atomic E-state index is 12.4. The third-order valence-electron chi connectivity index (χ3n) is 5.31. The smallest absolute Gasteiger partial charge is 0.352 e. The summed E-state index contributed by atoms with van der Waals surface area (Å²) < 4.78 is 0. The summed E-state index contributed by atoms with van der Waals surface area (Å²) >= 11 is 5.55. The highest BCUT2D eigenvalue weighted by Crippen LogP contribution is 2.52. The molecule has 0 aromatic heterocycles. The van der Waals surface area contributed by atoms with E-state index in [4.69, 9.17) is 11.6 Å². The molecule has 3 amide bonds. The number of aliphatic carboxylic acids is 1. The van der Waals surface area contributed by atoms with Crippen LogP contribution in [-0.4, -0.2) is 63.6 Å². The van der Waals surface area contributed by atoms with E-state index in [1.165, 1.54) is 4.90 Å². The van der Waals surface area contributed by atoms with Gasteiger partial charge >= 0.3 is 12.0 Å². The Kier molecular flexibility index (Phi) is 4.92. The van der Waals surface area contributed by atoms with Crippen molar-refractivity contribution in [3.63, 3.8) is 0 Å². The number of carbonyl (C=O) groups excluding carboxylic acids is 2. The van der Waals surface area contributed by atoms with Crippen molar-refractivity contribution >= 4 is 29.5 Å². The summed E-state index contributed by atoms with van der Waals surface area (Å²) in [5.41, 5.74) is 0.570. The second-order valence-corrected chi connectivity index (χ2v) is 7.13. The second-order valence-electron chi connectivity index (χ2n) is 6.75. The Bertz CT molecular complexity index is 635. The van der Waals surface area contributed by atoms with Crippen LogP contribution in [0.15, 0.2) is 11.3 Å². The molecule has 1 saturated heterocycles. The highest BCUT2D eigenvalue weighted by molar-refractivity contribution is 6.18. The summed E-state index contributed by atoms with van der Waals surface area (Å²) in [4.78, 5) is 37.5. The number of halogens is 1. The molecule has 2 fully saturated rings.